The van der Waals surface area contributed by atoms with Gasteiger partial charge in [-0.3, -0.25) is 4.40 Å². The summed E-state index contributed by atoms with van der Waals surface area (Å²) in [5, 5.41) is 7.56. The molecule has 0 amide bonds. The summed E-state index contributed by atoms with van der Waals surface area (Å²) in [6.07, 6.45) is 3.99. The lowest BCUT2D eigenvalue weighted by Crippen LogP contribution is -2.29. The first-order valence-electron chi connectivity index (χ1n) is 9.60. The molecule has 0 saturated heterocycles. The second-order valence-corrected chi connectivity index (χ2v) is 7.81. The number of nitrogens with zero attached hydrogens (tertiary/aromatic N) is 2. The van der Waals surface area contributed by atoms with Gasteiger partial charge in [-0.05, 0) is 36.1 Å². The molecule has 0 saturated carbocycles. The minimum Gasteiger partial charge on any atom is -0.462 e. The predicted molar refractivity (Wildman–Crippen MR) is 114 cm³/mol. The molecular formula is C25H17N2O+. The van der Waals surface area contributed by atoms with Gasteiger partial charge in [0.15, 0.2) is 11.8 Å². The molecule has 0 bridgehead atoms. The van der Waals surface area contributed by atoms with E-state index >= 15 is 0 Å². The van der Waals surface area contributed by atoms with Gasteiger partial charge >= 0.3 is 0 Å². The Morgan fingerprint density at radius 3 is 2.68 bits per heavy atom. The Morgan fingerprint density at radius 1 is 0.857 bits per heavy atom. The molecule has 4 heterocycles. The van der Waals surface area contributed by atoms with Gasteiger partial charge in [0, 0.05) is 27.6 Å². The van der Waals surface area contributed by atoms with Crippen LogP contribution in [0.25, 0.3) is 60.0 Å². The molecule has 0 aliphatic rings. The van der Waals surface area contributed by atoms with Crippen LogP contribution in [0.2, 0.25) is 0 Å². The minimum absolute atomic E-state index is 0.958. The van der Waals surface area contributed by atoms with Crippen LogP contribution in [0.4, 0.5) is 0 Å². The van der Waals surface area contributed by atoms with Crippen LogP contribution >= 0.6 is 0 Å². The summed E-state index contributed by atoms with van der Waals surface area (Å²) in [4.78, 5) is 0. The zero-order valence-corrected chi connectivity index (χ0v) is 15.7. The molecule has 28 heavy (non-hydrogen) atoms. The van der Waals surface area contributed by atoms with Gasteiger partial charge in [-0.25, -0.2) is 0 Å². The van der Waals surface area contributed by atoms with E-state index in [-0.39, 0.29) is 0 Å². The number of benzene rings is 3. The fourth-order valence-electron chi connectivity index (χ4n) is 5.15. The highest BCUT2D eigenvalue weighted by Gasteiger charge is 2.25. The molecule has 132 valence electrons. The van der Waals surface area contributed by atoms with E-state index in [1.165, 1.54) is 54.6 Å². The van der Waals surface area contributed by atoms with Crippen molar-refractivity contribution in [3.05, 3.63) is 72.6 Å². The molecule has 3 nitrogen and oxygen atoms in total. The molecule has 0 aliphatic carbocycles. The Morgan fingerprint density at radius 2 is 1.75 bits per heavy atom. The van der Waals surface area contributed by atoms with Gasteiger partial charge in [0.05, 0.1) is 22.7 Å². The highest BCUT2D eigenvalue weighted by molar-refractivity contribution is 6.29. The number of aryl methyl sites for hydroxylation is 2. The molecule has 0 aliphatic heterocycles. The molecule has 7 rings (SSSR count). The van der Waals surface area contributed by atoms with Crippen molar-refractivity contribution >= 4 is 60.0 Å². The SMILES string of the molecule is Cc1ccc2cc3ccoc3c3c2c1c1c2c(cc[n+]1C)c1ccccc1n32. The fraction of sp³-hybridized carbons (Fsp3) is 0.0800. The van der Waals surface area contributed by atoms with E-state index < -0.39 is 0 Å². The molecule has 3 heteroatoms. The summed E-state index contributed by atoms with van der Waals surface area (Å²) in [7, 11) is 2.14. The van der Waals surface area contributed by atoms with Crippen molar-refractivity contribution < 1.29 is 8.98 Å². The Balaban J connectivity index is 2.06. The van der Waals surface area contributed by atoms with Crippen LogP contribution in [-0.2, 0) is 7.05 Å². The maximum Gasteiger partial charge on any atom is 0.238 e. The lowest BCUT2D eigenvalue weighted by Gasteiger charge is -2.13. The molecule has 0 unspecified atom stereocenters. The highest BCUT2D eigenvalue weighted by Crippen LogP contribution is 2.42. The van der Waals surface area contributed by atoms with Crippen LogP contribution in [0.5, 0.6) is 0 Å². The smallest absolute Gasteiger partial charge is 0.238 e. The monoisotopic (exact) mass is 361 g/mol. The molecular weight excluding hydrogens is 344 g/mol. The third-order valence-electron chi connectivity index (χ3n) is 6.32. The molecule has 0 radical (unpaired) electrons. The maximum absolute atomic E-state index is 6.04. The van der Waals surface area contributed by atoms with Crippen LogP contribution < -0.4 is 4.57 Å². The number of furan rings is 1. The Hall–Kier alpha value is -3.59. The van der Waals surface area contributed by atoms with Crippen LogP contribution in [-0.4, -0.2) is 4.40 Å². The van der Waals surface area contributed by atoms with Gasteiger partial charge in [0.2, 0.25) is 5.52 Å². The number of aromatic nitrogens is 2. The minimum atomic E-state index is 0.958. The van der Waals surface area contributed by atoms with E-state index in [9.17, 15) is 0 Å². The van der Waals surface area contributed by atoms with Crippen molar-refractivity contribution in [1.29, 1.82) is 0 Å². The zero-order valence-electron chi connectivity index (χ0n) is 15.7. The highest BCUT2D eigenvalue weighted by atomic mass is 16.3. The molecule has 3 aromatic carbocycles. The summed E-state index contributed by atoms with van der Waals surface area (Å²) >= 11 is 0. The van der Waals surface area contributed by atoms with Crippen molar-refractivity contribution in [3.8, 4) is 0 Å². The predicted octanol–water partition coefficient (Wildman–Crippen LogP) is 5.87. The van der Waals surface area contributed by atoms with E-state index in [1.54, 1.807) is 6.26 Å². The zero-order chi connectivity index (χ0) is 18.6. The van der Waals surface area contributed by atoms with Crippen molar-refractivity contribution in [2.24, 2.45) is 7.05 Å². The molecule has 0 N–H and O–H groups in total. The number of rotatable bonds is 0. The van der Waals surface area contributed by atoms with Crippen molar-refractivity contribution in [2.75, 3.05) is 0 Å². The normalized spacial score (nSPS) is 12.6. The molecule has 0 spiro atoms. The summed E-state index contributed by atoms with van der Waals surface area (Å²) < 4.78 is 10.7. The van der Waals surface area contributed by atoms with Gasteiger partial charge in [0.25, 0.3) is 0 Å². The van der Waals surface area contributed by atoms with Crippen LogP contribution in [0.1, 0.15) is 5.56 Å². The summed E-state index contributed by atoms with van der Waals surface area (Å²) in [6, 6.07) is 19.7. The van der Waals surface area contributed by atoms with E-state index in [0.29, 0.717) is 0 Å². The van der Waals surface area contributed by atoms with Gasteiger partial charge in [0.1, 0.15) is 12.6 Å². The number of hydrogen-bond donors (Lipinski definition) is 0. The van der Waals surface area contributed by atoms with Crippen molar-refractivity contribution in [1.82, 2.24) is 4.40 Å². The maximum atomic E-state index is 6.04. The second-order valence-electron chi connectivity index (χ2n) is 7.81. The van der Waals surface area contributed by atoms with Crippen molar-refractivity contribution in [2.45, 2.75) is 6.92 Å². The third-order valence-corrected chi connectivity index (χ3v) is 6.32. The number of para-hydroxylation sites is 1. The van der Waals surface area contributed by atoms with E-state index in [4.69, 9.17) is 4.42 Å². The van der Waals surface area contributed by atoms with E-state index in [0.717, 1.165) is 11.0 Å². The lowest BCUT2D eigenvalue weighted by atomic mass is 9.97. The number of hydrogen-bond acceptors (Lipinski definition) is 1. The Kier molecular flexibility index (Phi) is 2.39. The summed E-state index contributed by atoms with van der Waals surface area (Å²) in [6.45, 7) is 2.21. The molecule has 4 aromatic heterocycles. The fourth-order valence-corrected chi connectivity index (χ4v) is 5.15. The first-order valence-corrected chi connectivity index (χ1v) is 9.60. The standard InChI is InChI=1S/C25H17N2O/c1-14-7-8-15-13-16-10-12-28-25(16)24-21(15)20(14)23-22-18(9-11-26(23)2)17-5-3-4-6-19(17)27(22)24/h3-13H,1-2H3/q+1. The van der Waals surface area contributed by atoms with Crippen molar-refractivity contribution in [3.63, 3.8) is 0 Å². The van der Waals surface area contributed by atoms with Gasteiger partial charge in [-0.15, -0.1) is 0 Å². The first kappa shape index (κ1) is 14.5. The van der Waals surface area contributed by atoms with E-state index in [2.05, 4.69) is 83.7 Å². The van der Waals surface area contributed by atoms with Crippen LogP contribution in [0.3, 0.4) is 0 Å². The molecule has 0 fully saturated rings. The lowest BCUT2D eigenvalue weighted by molar-refractivity contribution is -0.644. The molecule has 0 atom stereocenters. The first-order chi connectivity index (χ1) is 13.7. The second kappa shape index (κ2) is 4.63. The van der Waals surface area contributed by atoms with Gasteiger partial charge in [-0.1, -0.05) is 30.3 Å². The van der Waals surface area contributed by atoms with Crippen LogP contribution in [0, 0.1) is 6.92 Å². The third kappa shape index (κ3) is 1.48. The van der Waals surface area contributed by atoms with Gasteiger partial charge in [-0.2, -0.15) is 4.57 Å². The number of fused-ring (bicyclic) bond motifs is 7. The topological polar surface area (TPSA) is 21.4 Å². The Labute approximate surface area is 160 Å². The molecule has 7 aromatic rings. The quantitative estimate of drug-likeness (QED) is 0.188. The Bertz CT molecular complexity index is 1720. The number of pyridine rings is 2. The average molecular weight is 361 g/mol. The van der Waals surface area contributed by atoms with E-state index in [1.807, 2.05) is 0 Å². The summed E-state index contributed by atoms with van der Waals surface area (Å²) in [5.41, 5.74) is 7.18. The van der Waals surface area contributed by atoms with Gasteiger partial charge < -0.3 is 4.42 Å². The van der Waals surface area contributed by atoms with Crippen LogP contribution in [0.15, 0.2) is 71.5 Å². The average Bonchev–Trinajstić information content (AvgIpc) is 3.31. The largest absolute Gasteiger partial charge is 0.462 e. The summed E-state index contributed by atoms with van der Waals surface area (Å²) in [5.74, 6) is 0.